The normalized spacial score (nSPS) is 11.7. The first kappa shape index (κ1) is 17.5. The molecule has 0 bridgehead atoms. The predicted octanol–water partition coefficient (Wildman–Crippen LogP) is 4.49. The third kappa shape index (κ3) is 3.23. The average molecular weight is 353 g/mol. The summed E-state index contributed by atoms with van der Waals surface area (Å²) in [5.74, 6) is 1.93. The fourth-order valence-electron chi connectivity index (χ4n) is 2.70. The SMILES string of the molecule is COc1cc(C(N=N)c2coc(-c3ccccc3)n2)cc(OC)c1OC. The van der Waals surface area contributed by atoms with Crippen LogP contribution >= 0.6 is 0 Å². The van der Waals surface area contributed by atoms with E-state index in [0.717, 1.165) is 5.56 Å². The van der Waals surface area contributed by atoms with Gasteiger partial charge in [-0.1, -0.05) is 18.2 Å². The topological polar surface area (TPSA) is 89.9 Å². The minimum atomic E-state index is -0.648. The highest BCUT2D eigenvalue weighted by Crippen LogP contribution is 2.41. The van der Waals surface area contributed by atoms with Crippen molar-refractivity contribution in [3.63, 3.8) is 0 Å². The molecule has 0 aliphatic rings. The van der Waals surface area contributed by atoms with Crippen molar-refractivity contribution in [2.45, 2.75) is 6.04 Å². The number of rotatable bonds is 7. The van der Waals surface area contributed by atoms with Crippen LogP contribution in [0.4, 0.5) is 0 Å². The third-order valence-electron chi connectivity index (χ3n) is 3.95. The molecular formula is C19H19N3O4. The number of benzene rings is 2. The van der Waals surface area contributed by atoms with E-state index in [1.165, 1.54) is 27.6 Å². The second kappa shape index (κ2) is 7.69. The molecular weight excluding hydrogens is 334 g/mol. The number of methoxy groups -OCH3 is 3. The molecule has 7 heteroatoms. The number of nitrogens with one attached hydrogen (secondary N) is 1. The number of oxazole rings is 1. The highest BCUT2D eigenvalue weighted by Gasteiger charge is 2.23. The van der Waals surface area contributed by atoms with Crippen LogP contribution in [-0.4, -0.2) is 26.3 Å². The lowest BCUT2D eigenvalue weighted by atomic mass is 10.0. The summed E-state index contributed by atoms with van der Waals surface area (Å²) in [6.45, 7) is 0. The first-order valence-corrected chi connectivity index (χ1v) is 7.89. The fraction of sp³-hybridized carbons (Fsp3) is 0.211. The smallest absolute Gasteiger partial charge is 0.226 e. The van der Waals surface area contributed by atoms with Crippen molar-refractivity contribution in [3.8, 4) is 28.7 Å². The molecule has 7 nitrogen and oxygen atoms in total. The highest BCUT2D eigenvalue weighted by atomic mass is 16.5. The van der Waals surface area contributed by atoms with Crippen molar-refractivity contribution < 1.29 is 18.6 Å². The van der Waals surface area contributed by atoms with Gasteiger partial charge in [0.05, 0.1) is 21.3 Å². The van der Waals surface area contributed by atoms with Crippen molar-refractivity contribution in [3.05, 3.63) is 60.0 Å². The van der Waals surface area contributed by atoms with E-state index in [1.54, 1.807) is 12.1 Å². The number of hydrogen-bond acceptors (Lipinski definition) is 7. The Kier molecular flexibility index (Phi) is 5.17. The van der Waals surface area contributed by atoms with E-state index in [2.05, 4.69) is 10.1 Å². The molecule has 1 N–H and O–H groups in total. The summed E-state index contributed by atoms with van der Waals surface area (Å²) in [6.07, 6.45) is 1.51. The highest BCUT2D eigenvalue weighted by molar-refractivity contribution is 5.56. The molecule has 1 heterocycles. The molecule has 1 atom stereocenters. The van der Waals surface area contributed by atoms with Crippen LogP contribution in [0, 0.1) is 5.53 Å². The van der Waals surface area contributed by atoms with Crippen molar-refractivity contribution in [1.29, 1.82) is 5.53 Å². The fourth-order valence-corrected chi connectivity index (χ4v) is 2.70. The molecule has 0 aliphatic carbocycles. The lowest BCUT2D eigenvalue weighted by molar-refractivity contribution is 0.323. The molecule has 0 saturated carbocycles. The summed E-state index contributed by atoms with van der Waals surface area (Å²) >= 11 is 0. The van der Waals surface area contributed by atoms with Crippen LogP contribution in [0.3, 0.4) is 0 Å². The summed E-state index contributed by atoms with van der Waals surface area (Å²) in [6, 6.07) is 12.4. The monoisotopic (exact) mass is 353 g/mol. The molecule has 3 rings (SSSR count). The summed E-state index contributed by atoms with van der Waals surface area (Å²) in [4.78, 5) is 4.49. The Bertz CT molecular complexity index is 868. The molecule has 1 unspecified atom stereocenters. The van der Waals surface area contributed by atoms with Crippen molar-refractivity contribution in [2.75, 3.05) is 21.3 Å². The molecule has 0 spiro atoms. The number of hydrogen-bond donors (Lipinski definition) is 1. The zero-order valence-electron chi connectivity index (χ0n) is 14.7. The van der Waals surface area contributed by atoms with Gasteiger partial charge in [-0.15, -0.1) is 0 Å². The predicted molar refractivity (Wildman–Crippen MR) is 95.0 cm³/mol. The van der Waals surface area contributed by atoms with Crippen LogP contribution in [0.25, 0.3) is 11.5 Å². The van der Waals surface area contributed by atoms with Gasteiger partial charge >= 0.3 is 0 Å². The van der Waals surface area contributed by atoms with E-state index in [9.17, 15) is 0 Å². The van der Waals surface area contributed by atoms with Crippen LogP contribution < -0.4 is 14.2 Å². The molecule has 0 saturated heterocycles. The number of nitrogens with zero attached hydrogens (tertiary/aromatic N) is 2. The van der Waals surface area contributed by atoms with E-state index >= 15 is 0 Å². The molecule has 3 aromatic rings. The maximum absolute atomic E-state index is 7.63. The standard InChI is InChI=1S/C19H19N3O4/c1-23-15-9-13(10-16(24-2)18(15)25-3)17(22-20)14-11-26-19(21-14)12-7-5-4-6-8-12/h4-11,17,20H,1-3H3. The maximum atomic E-state index is 7.63. The van der Waals surface area contributed by atoms with Gasteiger partial charge in [-0.05, 0) is 29.8 Å². The van der Waals surface area contributed by atoms with Crippen LogP contribution in [0.1, 0.15) is 17.3 Å². The first-order valence-electron chi connectivity index (χ1n) is 7.89. The molecule has 0 radical (unpaired) electrons. The zero-order valence-corrected chi connectivity index (χ0v) is 14.7. The van der Waals surface area contributed by atoms with Gasteiger partial charge in [-0.25, -0.2) is 10.5 Å². The van der Waals surface area contributed by atoms with Gasteiger partial charge in [0.1, 0.15) is 18.0 Å². The van der Waals surface area contributed by atoms with Gasteiger partial charge < -0.3 is 18.6 Å². The van der Waals surface area contributed by atoms with E-state index in [1.807, 2.05) is 30.3 Å². The molecule has 26 heavy (non-hydrogen) atoms. The average Bonchev–Trinajstić information content (AvgIpc) is 3.18. The van der Waals surface area contributed by atoms with E-state index in [4.69, 9.17) is 24.2 Å². The Morgan fingerprint density at radius 1 is 1.00 bits per heavy atom. The summed E-state index contributed by atoms with van der Waals surface area (Å²) in [7, 11) is 4.62. The van der Waals surface area contributed by atoms with Gasteiger partial charge in [0, 0.05) is 5.56 Å². The minimum Gasteiger partial charge on any atom is -0.493 e. The van der Waals surface area contributed by atoms with Crippen LogP contribution in [0.5, 0.6) is 17.2 Å². The van der Waals surface area contributed by atoms with Gasteiger partial charge in [0.15, 0.2) is 11.5 Å². The van der Waals surface area contributed by atoms with Gasteiger partial charge in [0.25, 0.3) is 0 Å². The van der Waals surface area contributed by atoms with Crippen LogP contribution in [0.2, 0.25) is 0 Å². The first-order chi connectivity index (χ1) is 12.7. The Morgan fingerprint density at radius 2 is 1.65 bits per heavy atom. The van der Waals surface area contributed by atoms with Gasteiger partial charge in [-0.3, -0.25) is 0 Å². The Hall–Kier alpha value is -3.35. The van der Waals surface area contributed by atoms with Gasteiger partial charge in [0.2, 0.25) is 11.6 Å². The second-order valence-electron chi connectivity index (χ2n) is 5.43. The number of ether oxygens (including phenoxy) is 3. The minimum absolute atomic E-state index is 0.474. The molecule has 0 aliphatic heterocycles. The number of aromatic nitrogens is 1. The van der Waals surface area contributed by atoms with Gasteiger partial charge in [-0.2, -0.15) is 5.11 Å². The lowest BCUT2D eigenvalue weighted by Crippen LogP contribution is -2.02. The van der Waals surface area contributed by atoms with E-state index in [0.29, 0.717) is 34.4 Å². The summed E-state index contributed by atoms with van der Waals surface area (Å²) in [5, 5.41) is 3.72. The molecule has 0 amide bonds. The Morgan fingerprint density at radius 3 is 2.19 bits per heavy atom. The quantitative estimate of drug-likeness (QED) is 0.632. The van der Waals surface area contributed by atoms with Crippen molar-refractivity contribution in [1.82, 2.24) is 4.98 Å². The third-order valence-corrected chi connectivity index (χ3v) is 3.95. The van der Waals surface area contributed by atoms with Crippen molar-refractivity contribution in [2.24, 2.45) is 5.11 Å². The molecule has 134 valence electrons. The molecule has 2 aromatic carbocycles. The van der Waals surface area contributed by atoms with Crippen LogP contribution in [-0.2, 0) is 0 Å². The Labute approximate surface area is 151 Å². The molecule has 1 aromatic heterocycles. The Balaban J connectivity index is 2.02. The largest absolute Gasteiger partial charge is 0.493 e. The summed E-state index contributed by atoms with van der Waals surface area (Å²) < 4.78 is 21.6. The summed E-state index contributed by atoms with van der Waals surface area (Å²) in [5.41, 5.74) is 9.69. The lowest BCUT2D eigenvalue weighted by Gasteiger charge is -2.16. The molecule has 0 fully saturated rings. The maximum Gasteiger partial charge on any atom is 0.226 e. The second-order valence-corrected chi connectivity index (χ2v) is 5.43. The zero-order chi connectivity index (χ0) is 18.5. The van der Waals surface area contributed by atoms with Crippen LogP contribution in [0.15, 0.2) is 58.3 Å². The van der Waals surface area contributed by atoms with Crippen molar-refractivity contribution >= 4 is 0 Å². The van der Waals surface area contributed by atoms with E-state index in [-0.39, 0.29) is 0 Å². The van der Waals surface area contributed by atoms with E-state index < -0.39 is 6.04 Å².